The monoisotopic (exact) mass is 238 g/mol. The fourth-order valence-electron chi connectivity index (χ4n) is 1.38. The molecular weight excluding hydrogens is 218 g/mol. The van der Waals surface area contributed by atoms with E-state index >= 15 is 0 Å². The Morgan fingerprint density at radius 3 is 2.56 bits per heavy atom. The van der Waals surface area contributed by atoms with Gasteiger partial charge in [-0.3, -0.25) is 4.79 Å². The van der Waals surface area contributed by atoms with Gasteiger partial charge in [0.25, 0.3) is 6.43 Å². The van der Waals surface area contributed by atoms with Crippen molar-refractivity contribution in [2.45, 2.75) is 31.7 Å². The van der Waals surface area contributed by atoms with Crippen molar-refractivity contribution in [3.63, 3.8) is 0 Å². The third-order valence-corrected chi connectivity index (χ3v) is 2.34. The molecule has 0 aliphatic heterocycles. The van der Waals surface area contributed by atoms with Crippen LogP contribution in [0, 0.1) is 0 Å². The average molecular weight is 238 g/mol. The summed E-state index contributed by atoms with van der Waals surface area (Å²) in [7, 11) is 2.88. The van der Waals surface area contributed by atoms with E-state index in [1.54, 1.807) is 14.0 Å². The van der Waals surface area contributed by atoms with Gasteiger partial charge in [-0.05, 0) is 33.4 Å². The van der Waals surface area contributed by atoms with E-state index in [2.05, 4.69) is 4.74 Å². The molecule has 0 bridgehead atoms. The summed E-state index contributed by atoms with van der Waals surface area (Å²) in [6.07, 6.45) is -1.35. The van der Waals surface area contributed by atoms with E-state index in [4.69, 9.17) is 5.73 Å². The van der Waals surface area contributed by atoms with Gasteiger partial charge >= 0.3 is 5.97 Å². The normalized spacial score (nSPS) is 15.2. The van der Waals surface area contributed by atoms with Crippen LogP contribution >= 0.6 is 0 Å². The third kappa shape index (κ3) is 5.97. The van der Waals surface area contributed by atoms with Crippen LogP contribution in [0.2, 0.25) is 0 Å². The van der Waals surface area contributed by atoms with Gasteiger partial charge in [-0.1, -0.05) is 0 Å². The van der Waals surface area contributed by atoms with Crippen LogP contribution < -0.4 is 5.73 Å². The zero-order chi connectivity index (χ0) is 12.8. The third-order valence-electron chi connectivity index (χ3n) is 2.34. The Bertz CT molecular complexity index is 223. The number of carbonyl (C=O) groups is 1. The fraction of sp³-hybridized carbons (Fsp3) is 0.900. The summed E-state index contributed by atoms with van der Waals surface area (Å²) in [6, 6.07) is 0. The second-order valence-corrected chi connectivity index (χ2v) is 4.17. The van der Waals surface area contributed by atoms with Crippen LogP contribution in [0.1, 0.15) is 19.8 Å². The Morgan fingerprint density at radius 1 is 1.56 bits per heavy atom. The molecule has 1 atom stereocenters. The maximum absolute atomic E-state index is 12.0. The number of carbonyl (C=O) groups excluding carboxylic acids is 1. The number of esters is 1. The van der Waals surface area contributed by atoms with Gasteiger partial charge in [0.15, 0.2) is 0 Å². The lowest BCUT2D eigenvalue weighted by Gasteiger charge is -2.23. The minimum absolute atomic E-state index is 0.264. The minimum Gasteiger partial charge on any atom is -0.468 e. The first kappa shape index (κ1) is 15.2. The summed E-state index contributed by atoms with van der Waals surface area (Å²) < 4.78 is 28.5. The van der Waals surface area contributed by atoms with Crippen molar-refractivity contribution in [3.8, 4) is 0 Å². The van der Waals surface area contributed by atoms with Gasteiger partial charge in [0.1, 0.15) is 5.54 Å². The number of nitrogens with two attached hydrogens (primary N) is 1. The highest BCUT2D eigenvalue weighted by Gasteiger charge is 2.28. The molecule has 0 aromatic rings. The van der Waals surface area contributed by atoms with Crippen molar-refractivity contribution in [1.82, 2.24) is 4.90 Å². The molecular formula is C10H20F2N2O2. The summed E-state index contributed by atoms with van der Waals surface area (Å²) in [4.78, 5) is 12.7. The summed E-state index contributed by atoms with van der Waals surface area (Å²) in [6.45, 7) is 1.79. The van der Waals surface area contributed by atoms with Crippen LogP contribution in [0.3, 0.4) is 0 Å². The predicted octanol–water partition coefficient (Wildman–Crippen LogP) is 0.854. The van der Waals surface area contributed by atoms with Crippen LogP contribution in [0.4, 0.5) is 8.78 Å². The largest absolute Gasteiger partial charge is 0.468 e. The van der Waals surface area contributed by atoms with E-state index in [0.717, 1.165) is 0 Å². The first-order valence-electron chi connectivity index (χ1n) is 5.13. The standard InChI is InChI=1S/C10H20F2N2O2/c1-10(13,9(15)16-3)5-4-6-14(2)7-8(11)12/h8H,4-7,13H2,1-3H3. The molecule has 1 unspecified atom stereocenters. The van der Waals surface area contributed by atoms with Crippen molar-refractivity contribution in [2.24, 2.45) is 5.73 Å². The van der Waals surface area contributed by atoms with Crippen molar-refractivity contribution in [3.05, 3.63) is 0 Å². The molecule has 0 saturated heterocycles. The van der Waals surface area contributed by atoms with E-state index in [1.807, 2.05) is 0 Å². The lowest BCUT2D eigenvalue weighted by Crippen LogP contribution is -2.46. The smallest absolute Gasteiger partial charge is 0.325 e. The van der Waals surface area contributed by atoms with Crippen molar-refractivity contribution < 1.29 is 18.3 Å². The van der Waals surface area contributed by atoms with Gasteiger partial charge in [0, 0.05) is 0 Å². The van der Waals surface area contributed by atoms with Crippen LogP contribution in [-0.2, 0) is 9.53 Å². The summed E-state index contributed by atoms with van der Waals surface area (Å²) in [5.41, 5.74) is 4.68. The highest BCUT2D eigenvalue weighted by molar-refractivity contribution is 5.79. The molecule has 0 saturated carbocycles. The number of hydrogen-bond acceptors (Lipinski definition) is 4. The number of rotatable bonds is 7. The molecule has 0 amide bonds. The SMILES string of the molecule is COC(=O)C(C)(N)CCCN(C)CC(F)F. The van der Waals surface area contributed by atoms with Crippen LogP contribution in [0.15, 0.2) is 0 Å². The Balaban J connectivity index is 3.84. The topological polar surface area (TPSA) is 55.6 Å². The lowest BCUT2D eigenvalue weighted by molar-refractivity contribution is -0.146. The molecule has 0 rings (SSSR count). The molecule has 0 aromatic heterocycles. The highest BCUT2D eigenvalue weighted by Crippen LogP contribution is 2.11. The quantitative estimate of drug-likeness (QED) is 0.668. The summed E-state index contributed by atoms with van der Waals surface area (Å²) >= 11 is 0. The number of halogens is 2. The Hall–Kier alpha value is -0.750. The van der Waals surface area contributed by atoms with Gasteiger partial charge in [0.05, 0.1) is 13.7 Å². The first-order valence-corrected chi connectivity index (χ1v) is 5.13. The summed E-state index contributed by atoms with van der Waals surface area (Å²) in [5.74, 6) is -0.482. The van der Waals surface area contributed by atoms with Crippen LogP contribution in [-0.4, -0.2) is 50.1 Å². The predicted molar refractivity (Wildman–Crippen MR) is 57.3 cm³/mol. The molecule has 2 N–H and O–H groups in total. The molecule has 0 spiro atoms. The Labute approximate surface area is 94.7 Å². The van der Waals surface area contributed by atoms with E-state index in [0.29, 0.717) is 19.4 Å². The number of methoxy groups -OCH3 is 1. The maximum atomic E-state index is 12.0. The maximum Gasteiger partial charge on any atom is 0.325 e. The minimum atomic E-state index is -2.34. The molecule has 96 valence electrons. The van der Waals surface area contributed by atoms with Gasteiger partial charge in [0.2, 0.25) is 0 Å². The molecule has 0 fully saturated rings. The molecule has 16 heavy (non-hydrogen) atoms. The zero-order valence-corrected chi connectivity index (χ0v) is 10.0. The van der Waals surface area contributed by atoms with Gasteiger partial charge < -0.3 is 15.4 Å². The Morgan fingerprint density at radius 2 is 2.12 bits per heavy atom. The Kier molecular flexibility index (Phi) is 6.43. The van der Waals surface area contributed by atoms with Crippen LogP contribution in [0.25, 0.3) is 0 Å². The average Bonchev–Trinajstić information content (AvgIpc) is 2.14. The molecule has 0 aliphatic rings. The van der Waals surface area contributed by atoms with Crippen molar-refractivity contribution in [1.29, 1.82) is 0 Å². The highest BCUT2D eigenvalue weighted by atomic mass is 19.3. The molecule has 0 radical (unpaired) electrons. The van der Waals surface area contributed by atoms with Crippen molar-refractivity contribution in [2.75, 3.05) is 27.2 Å². The zero-order valence-electron chi connectivity index (χ0n) is 10.0. The molecule has 0 heterocycles. The van der Waals surface area contributed by atoms with Gasteiger partial charge in [-0.15, -0.1) is 0 Å². The molecule has 6 heteroatoms. The van der Waals surface area contributed by atoms with E-state index in [1.165, 1.54) is 12.0 Å². The number of alkyl halides is 2. The van der Waals surface area contributed by atoms with Gasteiger partial charge in [-0.25, -0.2) is 8.78 Å². The first-order chi connectivity index (χ1) is 7.29. The lowest BCUT2D eigenvalue weighted by atomic mass is 9.97. The molecule has 4 nitrogen and oxygen atoms in total. The van der Waals surface area contributed by atoms with Crippen molar-refractivity contribution >= 4 is 5.97 Å². The number of nitrogens with zero attached hydrogens (tertiary/aromatic N) is 1. The molecule has 0 aliphatic carbocycles. The van der Waals surface area contributed by atoms with E-state index < -0.39 is 17.9 Å². The second kappa shape index (κ2) is 6.75. The fourth-order valence-corrected chi connectivity index (χ4v) is 1.38. The van der Waals surface area contributed by atoms with E-state index in [-0.39, 0.29) is 6.54 Å². The van der Waals surface area contributed by atoms with E-state index in [9.17, 15) is 13.6 Å². The number of hydrogen-bond donors (Lipinski definition) is 1. The molecule has 0 aromatic carbocycles. The number of ether oxygens (including phenoxy) is 1. The second-order valence-electron chi connectivity index (χ2n) is 4.17. The van der Waals surface area contributed by atoms with Gasteiger partial charge in [-0.2, -0.15) is 0 Å². The summed E-state index contributed by atoms with van der Waals surface area (Å²) in [5, 5.41) is 0. The van der Waals surface area contributed by atoms with Crippen LogP contribution in [0.5, 0.6) is 0 Å².